The number of sulfonamides is 1. The molecule has 1 fully saturated rings. The average Bonchev–Trinajstić information content (AvgIpc) is 2.93. The van der Waals surface area contributed by atoms with Crippen LogP contribution in [0.4, 0.5) is 0 Å². The van der Waals surface area contributed by atoms with Gasteiger partial charge in [-0.3, -0.25) is 9.69 Å². The lowest BCUT2D eigenvalue weighted by Gasteiger charge is -2.19. The van der Waals surface area contributed by atoms with E-state index >= 15 is 0 Å². The fourth-order valence-electron chi connectivity index (χ4n) is 1.60. The summed E-state index contributed by atoms with van der Waals surface area (Å²) in [6.07, 6.45) is 2.35. The van der Waals surface area contributed by atoms with E-state index in [9.17, 15) is 13.2 Å². The van der Waals surface area contributed by atoms with Crippen molar-refractivity contribution in [2.24, 2.45) is 0 Å². The number of nitrogens with zero attached hydrogens (tertiary/aromatic N) is 1. The minimum atomic E-state index is -3.67. The van der Waals surface area contributed by atoms with Crippen LogP contribution in [0.1, 0.15) is 19.8 Å². The molecule has 0 heterocycles. The molecule has 0 spiro atoms. The van der Waals surface area contributed by atoms with Crippen LogP contribution in [0.15, 0.2) is 0 Å². The molecule has 6 nitrogen and oxygen atoms in total. The monoisotopic (exact) mass is 250 g/mol. The quantitative estimate of drug-likeness (QED) is 0.605. The molecule has 0 amide bonds. The summed E-state index contributed by atoms with van der Waals surface area (Å²) in [5.41, 5.74) is 0. The second-order valence-corrected chi connectivity index (χ2v) is 5.71. The van der Waals surface area contributed by atoms with Crippen molar-refractivity contribution in [3.63, 3.8) is 0 Å². The average molecular weight is 250 g/mol. The molecule has 1 saturated carbocycles. The Morgan fingerprint density at radius 1 is 1.50 bits per heavy atom. The summed E-state index contributed by atoms with van der Waals surface area (Å²) in [6, 6.07) is 0.592. The molecule has 7 heteroatoms. The first kappa shape index (κ1) is 13.4. The SMILES string of the molecule is CCN(CCNS(=O)(=O)CC(=O)O)C1CC1. The molecular weight excluding hydrogens is 232 g/mol. The summed E-state index contributed by atoms with van der Waals surface area (Å²) in [5.74, 6) is -2.19. The molecule has 0 aliphatic heterocycles. The zero-order chi connectivity index (χ0) is 12.2. The fourth-order valence-corrected chi connectivity index (χ4v) is 2.43. The van der Waals surface area contributed by atoms with E-state index in [-0.39, 0.29) is 6.54 Å². The topological polar surface area (TPSA) is 86.7 Å². The van der Waals surface area contributed by atoms with Crippen LogP contribution in [0.25, 0.3) is 0 Å². The highest BCUT2D eigenvalue weighted by molar-refractivity contribution is 7.90. The number of carbonyl (C=O) groups is 1. The maximum atomic E-state index is 11.2. The Bertz CT molecular complexity index is 337. The van der Waals surface area contributed by atoms with Gasteiger partial charge in [-0.1, -0.05) is 6.92 Å². The highest BCUT2D eigenvalue weighted by Crippen LogP contribution is 2.25. The lowest BCUT2D eigenvalue weighted by Crippen LogP contribution is -2.38. The molecule has 0 saturated heterocycles. The largest absolute Gasteiger partial charge is 0.480 e. The van der Waals surface area contributed by atoms with Crippen molar-refractivity contribution in [3.8, 4) is 0 Å². The van der Waals surface area contributed by atoms with Crippen LogP contribution in [0.2, 0.25) is 0 Å². The van der Waals surface area contributed by atoms with Gasteiger partial charge in [0.2, 0.25) is 10.0 Å². The normalized spacial score (nSPS) is 16.6. The third kappa shape index (κ3) is 4.91. The molecule has 1 rings (SSSR count). The first-order valence-corrected chi connectivity index (χ1v) is 7.03. The van der Waals surface area contributed by atoms with Gasteiger partial charge in [-0.25, -0.2) is 13.1 Å². The van der Waals surface area contributed by atoms with Crippen molar-refractivity contribution in [2.75, 3.05) is 25.4 Å². The zero-order valence-corrected chi connectivity index (χ0v) is 10.2. The molecular formula is C9H18N2O4S. The molecule has 0 bridgehead atoms. The van der Waals surface area contributed by atoms with Gasteiger partial charge in [-0.2, -0.15) is 0 Å². The third-order valence-electron chi connectivity index (χ3n) is 2.50. The number of likely N-dealkylation sites (N-methyl/N-ethyl adjacent to an activating group) is 1. The van der Waals surface area contributed by atoms with E-state index in [4.69, 9.17) is 5.11 Å². The Labute approximate surface area is 95.7 Å². The second kappa shape index (κ2) is 5.60. The van der Waals surface area contributed by atoms with Gasteiger partial charge in [-0.05, 0) is 19.4 Å². The van der Waals surface area contributed by atoms with Gasteiger partial charge < -0.3 is 5.11 Å². The molecule has 1 aliphatic carbocycles. The van der Waals surface area contributed by atoms with Crippen LogP contribution < -0.4 is 4.72 Å². The molecule has 0 radical (unpaired) electrons. The highest BCUT2D eigenvalue weighted by Gasteiger charge is 2.27. The van der Waals surface area contributed by atoms with Crippen LogP contribution in [0, 0.1) is 0 Å². The van der Waals surface area contributed by atoms with Crippen molar-refractivity contribution in [1.82, 2.24) is 9.62 Å². The molecule has 2 N–H and O–H groups in total. The number of carboxylic acids is 1. The van der Waals surface area contributed by atoms with Crippen molar-refractivity contribution < 1.29 is 18.3 Å². The van der Waals surface area contributed by atoms with Crippen molar-refractivity contribution in [1.29, 1.82) is 0 Å². The number of carboxylic acid groups (broad SMARTS) is 1. The van der Waals surface area contributed by atoms with Gasteiger partial charge in [0.05, 0.1) is 0 Å². The summed E-state index contributed by atoms with van der Waals surface area (Å²) in [6.45, 7) is 3.84. The smallest absolute Gasteiger partial charge is 0.320 e. The first-order valence-electron chi connectivity index (χ1n) is 5.38. The van der Waals surface area contributed by atoms with Crippen LogP contribution in [0.3, 0.4) is 0 Å². The van der Waals surface area contributed by atoms with Gasteiger partial charge in [0, 0.05) is 19.1 Å². The van der Waals surface area contributed by atoms with Gasteiger partial charge in [-0.15, -0.1) is 0 Å². The first-order chi connectivity index (χ1) is 7.44. The summed E-state index contributed by atoms with van der Waals surface area (Å²) < 4.78 is 24.7. The van der Waals surface area contributed by atoms with E-state index in [0.717, 1.165) is 6.54 Å². The summed E-state index contributed by atoms with van der Waals surface area (Å²) in [5, 5.41) is 8.37. The molecule has 1 aliphatic rings. The molecule has 16 heavy (non-hydrogen) atoms. The van der Waals surface area contributed by atoms with Crippen LogP contribution in [-0.2, 0) is 14.8 Å². The predicted molar refractivity (Wildman–Crippen MR) is 59.7 cm³/mol. The lowest BCUT2D eigenvalue weighted by atomic mass is 10.4. The Hall–Kier alpha value is -0.660. The maximum absolute atomic E-state index is 11.2. The van der Waals surface area contributed by atoms with E-state index in [2.05, 4.69) is 9.62 Å². The zero-order valence-electron chi connectivity index (χ0n) is 9.35. The molecule has 0 aromatic heterocycles. The second-order valence-electron chi connectivity index (χ2n) is 3.91. The molecule has 0 aromatic rings. The van der Waals surface area contributed by atoms with Crippen LogP contribution >= 0.6 is 0 Å². The van der Waals surface area contributed by atoms with Gasteiger partial charge in [0.25, 0.3) is 0 Å². The molecule has 94 valence electrons. The number of aliphatic carboxylic acids is 1. The summed E-state index contributed by atoms with van der Waals surface area (Å²) in [4.78, 5) is 12.5. The van der Waals surface area contributed by atoms with Crippen molar-refractivity contribution in [3.05, 3.63) is 0 Å². The van der Waals surface area contributed by atoms with Gasteiger partial charge in [0.1, 0.15) is 0 Å². The van der Waals surface area contributed by atoms with Gasteiger partial charge in [0.15, 0.2) is 5.75 Å². The Morgan fingerprint density at radius 3 is 2.56 bits per heavy atom. The molecule has 0 atom stereocenters. The van der Waals surface area contributed by atoms with E-state index < -0.39 is 21.7 Å². The minimum Gasteiger partial charge on any atom is -0.480 e. The van der Waals surface area contributed by atoms with Crippen LogP contribution in [0.5, 0.6) is 0 Å². The highest BCUT2D eigenvalue weighted by atomic mass is 32.2. The van der Waals surface area contributed by atoms with Gasteiger partial charge >= 0.3 is 5.97 Å². The van der Waals surface area contributed by atoms with Crippen LogP contribution in [-0.4, -0.2) is 55.8 Å². The van der Waals surface area contributed by atoms with E-state index in [1.54, 1.807) is 0 Å². The number of hydrogen-bond donors (Lipinski definition) is 2. The van der Waals surface area contributed by atoms with Crippen molar-refractivity contribution in [2.45, 2.75) is 25.8 Å². The number of rotatable bonds is 8. The number of hydrogen-bond acceptors (Lipinski definition) is 4. The van der Waals surface area contributed by atoms with E-state index in [1.165, 1.54) is 12.8 Å². The van der Waals surface area contributed by atoms with E-state index in [1.807, 2.05) is 6.92 Å². The lowest BCUT2D eigenvalue weighted by molar-refractivity contribution is -0.134. The molecule has 0 aromatic carbocycles. The Morgan fingerprint density at radius 2 is 2.12 bits per heavy atom. The standard InChI is InChI=1S/C9H18N2O4S/c1-2-11(8-3-4-8)6-5-10-16(14,15)7-9(12)13/h8,10H,2-7H2,1H3,(H,12,13). The van der Waals surface area contributed by atoms with Crippen molar-refractivity contribution >= 4 is 16.0 Å². The third-order valence-corrected chi connectivity index (χ3v) is 3.77. The Balaban J connectivity index is 2.25. The fraction of sp³-hybridized carbons (Fsp3) is 0.889. The molecule has 0 unspecified atom stereocenters. The van der Waals surface area contributed by atoms with E-state index in [0.29, 0.717) is 12.6 Å². The predicted octanol–water partition coefficient (Wildman–Crippen LogP) is -0.525. The Kier molecular flexibility index (Phi) is 4.69. The summed E-state index contributed by atoms with van der Waals surface area (Å²) >= 11 is 0. The minimum absolute atomic E-state index is 0.278. The maximum Gasteiger partial charge on any atom is 0.320 e. The summed E-state index contributed by atoms with van der Waals surface area (Å²) in [7, 11) is -3.67. The number of nitrogens with one attached hydrogen (secondary N) is 1.